The van der Waals surface area contributed by atoms with Crippen LogP contribution in [-0.4, -0.2) is 7.05 Å². The Morgan fingerprint density at radius 1 is 1.11 bits per heavy atom. The Balaban J connectivity index is 2.37. The van der Waals surface area contributed by atoms with Crippen molar-refractivity contribution in [1.29, 1.82) is 0 Å². The third-order valence-electron chi connectivity index (χ3n) is 3.55. The molecule has 1 atom stereocenters. The number of rotatable bonds is 4. The molecule has 0 spiro atoms. The van der Waals surface area contributed by atoms with Crippen LogP contribution >= 0.6 is 0 Å². The molecule has 0 aromatic heterocycles. The molecule has 0 bridgehead atoms. The highest BCUT2D eigenvalue weighted by Crippen LogP contribution is 2.25. The third-order valence-corrected chi connectivity index (χ3v) is 3.55. The molecule has 0 saturated carbocycles. The summed E-state index contributed by atoms with van der Waals surface area (Å²) in [7, 11) is 1.93. The van der Waals surface area contributed by atoms with Crippen LogP contribution in [0, 0.1) is 12.7 Å². The van der Waals surface area contributed by atoms with Crippen molar-refractivity contribution in [2.24, 2.45) is 0 Å². The molecule has 0 saturated heterocycles. The van der Waals surface area contributed by atoms with Gasteiger partial charge in [0.2, 0.25) is 0 Å². The predicted molar refractivity (Wildman–Crippen MR) is 77.9 cm³/mol. The zero-order chi connectivity index (χ0) is 13.8. The van der Waals surface area contributed by atoms with Crippen LogP contribution in [0.4, 0.5) is 4.39 Å². The zero-order valence-electron chi connectivity index (χ0n) is 11.7. The fraction of sp³-hybridized carbons (Fsp3) is 0.294. The fourth-order valence-electron chi connectivity index (χ4n) is 2.41. The van der Waals surface area contributed by atoms with Gasteiger partial charge in [0.1, 0.15) is 5.82 Å². The molecule has 2 rings (SSSR count). The number of hydrogen-bond donors (Lipinski definition) is 1. The summed E-state index contributed by atoms with van der Waals surface area (Å²) < 4.78 is 13.2. The molecule has 2 heteroatoms. The maximum absolute atomic E-state index is 13.2. The van der Waals surface area contributed by atoms with Crippen LogP contribution in [0.2, 0.25) is 0 Å². The summed E-state index contributed by atoms with van der Waals surface area (Å²) in [5.74, 6) is -0.183. The van der Waals surface area contributed by atoms with Crippen LogP contribution in [0.25, 0.3) is 0 Å². The molecule has 100 valence electrons. The average molecular weight is 257 g/mol. The molecule has 0 radical (unpaired) electrons. The van der Waals surface area contributed by atoms with Gasteiger partial charge < -0.3 is 5.32 Å². The summed E-state index contributed by atoms with van der Waals surface area (Å²) in [4.78, 5) is 0. The van der Waals surface area contributed by atoms with Crippen LogP contribution in [-0.2, 0) is 6.42 Å². The van der Waals surface area contributed by atoms with Crippen LogP contribution in [0.5, 0.6) is 0 Å². The largest absolute Gasteiger partial charge is 0.309 e. The zero-order valence-corrected chi connectivity index (χ0v) is 11.7. The highest BCUT2D eigenvalue weighted by atomic mass is 19.1. The van der Waals surface area contributed by atoms with Crippen molar-refractivity contribution in [3.63, 3.8) is 0 Å². The number of hydrogen-bond acceptors (Lipinski definition) is 1. The smallest absolute Gasteiger partial charge is 0.123 e. The van der Waals surface area contributed by atoms with E-state index in [0.29, 0.717) is 0 Å². The molecule has 0 fully saturated rings. The van der Waals surface area contributed by atoms with Crippen molar-refractivity contribution in [3.8, 4) is 0 Å². The minimum atomic E-state index is -0.183. The number of halogens is 1. The van der Waals surface area contributed by atoms with Gasteiger partial charge in [-0.15, -0.1) is 0 Å². The molecule has 1 N–H and O–H groups in total. The van der Waals surface area contributed by atoms with Crippen molar-refractivity contribution in [2.75, 3.05) is 7.05 Å². The van der Waals surface area contributed by atoms with E-state index in [-0.39, 0.29) is 11.9 Å². The van der Waals surface area contributed by atoms with Crippen LogP contribution in [0.3, 0.4) is 0 Å². The minimum Gasteiger partial charge on any atom is -0.309 e. The van der Waals surface area contributed by atoms with Gasteiger partial charge in [-0.1, -0.05) is 37.3 Å². The van der Waals surface area contributed by atoms with Crippen LogP contribution < -0.4 is 5.32 Å². The SMILES string of the molecule is CCc1ccc(C(NC)c2ccc(F)cc2C)cc1. The van der Waals surface area contributed by atoms with E-state index in [4.69, 9.17) is 0 Å². The van der Waals surface area contributed by atoms with E-state index in [1.807, 2.05) is 20.0 Å². The summed E-state index contributed by atoms with van der Waals surface area (Å²) in [6, 6.07) is 13.7. The lowest BCUT2D eigenvalue weighted by atomic mass is 9.94. The highest BCUT2D eigenvalue weighted by molar-refractivity contribution is 5.38. The van der Waals surface area contributed by atoms with E-state index in [1.165, 1.54) is 17.2 Å². The first kappa shape index (κ1) is 13.8. The van der Waals surface area contributed by atoms with Gasteiger partial charge in [-0.3, -0.25) is 0 Å². The lowest BCUT2D eigenvalue weighted by Gasteiger charge is -2.19. The quantitative estimate of drug-likeness (QED) is 0.872. The predicted octanol–water partition coefficient (Wildman–Crippen LogP) is 4.01. The average Bonchev–Trinajstić information content (AvgIpc) is 2.42. The van der Waals surface area contributed by atoms with Gasteiger partial charge >= 0.3 is 0 Å². The van der Waals surface area contributed by atoms with E-state index in [0.717, 1.165) is 17.5 Å². The van der Waals surface area contributed by atoms with Crippen LogP contribution in [0.15, 0.2) is 42.5 Å². The second kappa shape index (κ2) is 5.98. The van der Waals surface area contributed by atoms with Gasteiger partial charge in [-0.25, -0.2) is 4.39 Å². The Morgan fingerprint density at radius 2 is 1.79 bits per heavy atom. The number of aryl methyl sites for hydroxylation is 2. The van der Waals surface area contributed by atoms with Gasteiger partial charge in [0.15, 0.2) is 0 Å². The van der Waals surface area contributed by atoms with Gasteiger partial charge in [0.05, 0.1) is 6.04 Å². The first-order chi connectivity index (χ1) is 9.15. The topological polar surface area (TPSA) is 12.0 Å². The molecule has 1 nitrogen and oxygen atoms in total. The maximum atomic E-state index is 13.2. The van der Waals surface area contributed by atoms with E-state index in [2.05, 4.69) is 36.5 Å². The van der Waals surface area contributed by atoms with E-state index < -0.39 is 0 Å². The molecule has 0 heterocycles. The Labute approximate surface area is 114 Å². The summed E-state index contributed by atoms with van der Waals surface area (Å²) in [5, 5.41) is 3.31. The van der Waals surface area contributed by atoms with E-state index >= 15 is 0 Å². The monoisotopic (exact) mass is 257 g/mol. The van der Waals surface area contributed by atoms with Crippen LogP contribution in [0.1, 0.15) is 35.2 Å². The number of nitrogens with one attached hydrogen (secondary N) is 1. The Morgan fingerprint density at radius 3 is 2.32 bits per heavy atom. The molecular formula is C17H20FN. The molecule has 2 aromatic carbocycles. The normalized spacial score (nSPS) is 12.4. The van der Waals surface area contributed by atoms with Crippen molar-refractivity contribution < 1.29 is 4.39 Å². The Kier molecular flexibility index (Phi) is 4.33. The summed E-state index contributed by atoms with van der Waals surface area (Å²) >= 11 is 0. The molecule has 19 heavy (non-hydrogen) atoms. The third kappa shape index (κ3) is 3.02. The van der Waals surface area contributed by atoms with E-state index in [9.17, 15) is 4.39 Å². The Bertz CT molecular complexity index is 546. The molecule has 0 aliphatic rings. The molecule has 0 aliphatic carbocycles. The fourth-order valence-corrected chi connectivity index (χ4v) is 2.41. The van der Waals surface area contributed by atoms with E-state index in [1.54, 1.807) is 6.07 Å². The minimum absolute atomic E-state index is 0.103. The van der Waals surface area contributed by atoms with Crippen molar-refractivity contribution >= 4 is 0 Å². The maximum Gasteiger partial charge on any atom is 0.123 e. The molecule has 1 unspecified atom stereocenters. The number of benzene rings is 2. The molecule has 0 aliphatic heterocycles. The first-order valence-corrected chi connectivity index (χ1v) is 6.68. The van der Waals surface area contributed by atoms with Gasteiger partial charge in [-0.2, -0.15) is 0 Å². The van der Waals surface area contributed by atoms with Gasteiger partial charge in [-0.05, 0) is 54.8 Å². The second-order valence-electron chi connectivity index (χ2n) is 4.82. The highest BCUT2D eigenvalue weighted by Gasteiger charge is 2.14. The van der Waals surface area contributed by atoms with Crippen molar-refractivity contribution in [1.82, 2.24) is 5.32 Å². The molecule has 0 amide bonds. The lowest BCUT2D eigenvalue weighted by Crippen LogP contribution is -2.18. The standard InChI is InChI=1S/C17H20FN/c1-4-13-5-7-14(8-6-13)17(19-3)16-10-9-15(18)11-12(16)2/h5-11,17,19H,4H2,1-3H3. The molecular weight excluding hydrogens is 237 g/mol. The van der Waals surface area contributed by atoms with Gasteiger partial charge in [0.25, 0.3) is 0 Å². The molecule has 2 aromatic rings. The summed E-state index contributed by atoms with van der Waals surface area (Å²) in [5.41, 5.74) is 4.62. The summed E-state index contributed by atoms with van der Waals surface area (Å²) in [6.07, 6.45) is 1.04. The summed E-state index contributed by atoms with van der Waals surface area (Å²) in [6.45, 7) is 4.10. The van der Waals surface area contributed by atoms with Crippen molar-refractivity contribution in [3.05, 3.63) is 70.5 Å². The Hall–Kier alpha value is -1.67. The lowest BCUT2D eigenvalue weighted by molar-refractivity contribution is 0.621. The second-order valence-corrected chi connectivity index (χ2v) is 4.82. The van der Waals surface area contributed by atoms with Crippen molar-refractivity contribution in [2.45, 2.75) is 26.3 Å². The van der Waals surface area contributed by atoms with Gasteiger partial charge in [0, 0.05) is 0 Å². The first-order valence-electron chi connectivity index (χ1n) is 6.68.